The summed E-state index contributed by atoms with van der Waals surface area (Å²) >= 11 is 0. The van der Waals surface area contributed by atoms with E-state index in [1.807, 2.05) is 11.8 Å². The topological polar surface area (TPSA) is 88.3 Å². The summed E-state index contributed by atoms with van der Waals surface area (Å²) < 4.78 is 0. The van der Waals surface area contributed by atoms with Crippen LogP contribution in [0.15, 0.2) is 12.3 Å². The quantitative estimate of drug-likeness (QED) is 0.808. The molecule has 136 valence electrons. The van der Waals surface area contributed by atoms with Crippen LogP contribution in [0, 0.1) is 18.8 Å². The van der Waals surface area contributed by atoms with E-state index in [0.717, 1.165) is 18.4 Å². The average Bonchev–Trinajstić information content (AvgIpc) is 3.11. The van der Waals surface area contributed by atoms with Crippen molar-refractivity contribution in [2.24, 2.45) is 11.8 Å². The van der Waals surface area contributed by atoms with Crippen molar-refractivity contribution in [3.63, 3.8) is 0 Å². The van der Waals surface area contributed by atoms with Crippen LogP contribution in [-0.4, -0.2) is 34.3 Å². The van der Waals surface area contributed by atoms with E-state index in [0.29, 0.717) is 29.9 Å². The predicted octanol–water partition coefficient (Wildman–Crippen LogP) is 2.73. The Bertz CT molecular complexity index is 655. The molecule has 3 N–H and O–H groups in total. The smallest absolute Gasteiger partial charge is 0.313 e. The molecular formula is C19H28N4O2. The molecule has 3 rings (SSSR count). The molecule has 6 heteroatoms. The first-order valence-corrected chi connectivity index (χ1v) is 9.29. The molecule has 0 unspecified atom stereocenters. The van der Waals surface area contributed by atoms with Gasteiger partial charge in [0.05, 0.1) is 11.9 Å². The van der Waals surface area contributed by atoms with Gasteiger partial charge in [-0.3, -0.25) is 9.59 Å². The number of nitrogens with zero attached hydrogens (tertiary/aromatic N) is 2. The normalized spacial score (nSPS) is 24.3. The van der Waals surface area contributed by atoms with Crippen LogP contribution in [0.5, 0.6) is 0 Å². The van der Waals surface area contributed by atoms with E-state index in [1.54, 1.807) is 6.07 Å². The maximum atomic E-state index is 12.8. The number of amides is 2. The molecular weight excluding hydrogens is 316 g/mol. The fourth-order valence-corrected chi connectivity index (χ4v) is 4.21. The molecule has 0 aromatic carbocycles. The van der Waals surface area contributed by atoms with Gasteiger partial charge in [0, 0.05) is 12.6 Å². The molecule has 1 aromatic heterocycles. The number of likely N-dealkylation sites (tertiary alicyclic amines) is 1. The molecule has 2 fully saturated rings. The molecule has 0 bridgehead atoms. The number of pyridine rings is 1. The minimum absolute atomic E-state index is 0.211. The number of carbonyl (C=O) groups excluding carboxylic acids is 2. The van der Waals surface area contributed by atoms with Gasteiger partial charge in [-0.1, -0.05) is 19.8 Å². The third-order valence-corrected chi connectivity index (χ3v) is 5.64. The standard InChI is InChI=1S/C19H28N4O2/c1-12-7-8-16(14-5-3-4-6-14)23(11-12)19(25)18(24)22-15-9-13(2)17(20)21-10-15/h9-10,12,14,16H,3-8,11H2,1-2H3,(H2,20,21)(H,22,24)/t12-,16+/m1/s1. The maximum Gasteiger partial charge on any atom is 0.313 e. The zero-order chi connectivity index (χ0) is 18.0. The number of nitrogens with one attached hydrogen (secondary N) is 1. The highest BCUT2D eigenvalue weighted by Gasteiger charge is 2.38. The van der Waals surface area contributed by atoms with Gasteiger partial charge in [-0.2, -0.15) is 0 Å². The van der Waals surface area contributed by atoms with Gasteiger partial charge in [-0.15, -0.1) is 0 Å². The van der Waals surface area contributed by atoms with Crippen molar-refractivity contribution in [2.45, 2.75) is 58.4 Å². The Morgan fingerprint density at radius 1 is 1.24 bits per heavy atom. The molecule has 1 aliphatic carbocycles. The van der Waals surface area contributed by atoms with Gasteiger partial charge in [0.1, 0.15) is 5.82 Å². The van der Waals surface area contributed by atoms with E-state index in [9.17, 15) is 9.59 Å². The van der Waals surface area contributed by atoms with Gasteiger partial charge < -0.3 is 16.0 Å². The van der Waals surface area contributed by atoms with Crippen molar-refractivity contribution in [3.8, 4) is 0 Å². The van der Waals surface area contributed by atoms with Crippen molar-refractivity contribution in [3.05, 3.63) is 17.8 Å². The van der Waals surface area contributed by atoms with E-state index in [2.05, 4.69) is 17.2 Å². The van der Waals surface area contributed by atoms with Crippen molar-refractivity contribution < 1.29 is 9.59 Å². The molecule has 1 saturated heterocycles. The lowest BCUT2D eigenvalue weighted by Gasteiger charge is -2.41. The van der Waals surface area contributed by atoms with Gasteiger partial charge in [0.25, 0.3) is 0 Å². The van der Waals surface area contributed by atoms with E-state index in [4.69, 9.17) is 5.73 Å². The summed E-state index contributed by atoms with van der Waals surface area (Å²) in [5.74, 6) is 0.413. The number of rotatable bonds is 2. The van der Waals surface area contributed by atoms with Crippen LogP contribution in [0.3, 0.4) is 0 Å². The van der Waals surface area contributed by atoms with Gasteiger partial charge in [0.2, 0.25) is 0 Å². The number of hydrogen-bond acceptors (Lipinski definition) is 4. The second kappa shape index (κ2) is 7.42. The number of aryl methyl sites for hydroxylation is 1. The summed E-state index contributed by atoms with van der Waals surface area (Å²) in [5.41, 5.74) is 6.99. The predicted molar refractivity (Wildman–Crippen MR) is 97.9 cm³/mol. The fourth-order valence-electron chi connectivity index (χ4n) is 4.21. The summed E-state index contributed by atoms with van der Waals surface area (Å²) in [4.78, 5) is 31.2. The molecule has 6 nitrogen and oxygen atoms in total. The van der Waals surface area contributed by atoms with Crippen LogP contribution in [0.25, 0.3) is 0 Å². The number of hydrogen-bond donors (Lipinski definition) is 2. The van der Waals surface area contributed by atoms with E-state index in [-0.39, 0.29) is 6.04 Å². The molecule has 0 spiro atoms. The Labute approximate surface area is 149 Å². The highest BCUT2D eigenvalue weighted by atomic mass is 16.2. The molecule has 2 aliphatic rings. The second-order valence-corrected chi connectivity index (χ2v) is 7.63. The van der Waals surface area contributed by atoms with E-state index < -0.39 is 11.8 Å². The molecule has 1 saturated carbocycles. The summed E-state index contributed by atoms with van der Waals surface area (Å²) in [6, 6.07) is 1.95. The van der Waals surface area contributed by atoms with Gasteiger partial charge in [0.15, 0.2) is 0 Å². The molecule has 1 aromatic rings. The van der Waals surface area contributed by atoms with Gasteiger partial charge in [-0.25, -0.2) is 4.98 Å². The van der Waals surface area contributed by atoms with Crippen LogP contribution in [0.4, 0.5) is 11.5 Å². The summed E-state index contributed by atoms with van der Waals surface area (Å²) in [6.45, 7) is 4.64. The fraction of sp³-hybridized carbons (Fsp3) is 0.632. The molecule has 0 radical (unpaired) electrons. The van der Waals surface area contributed by atoms with Crippen LogP contribution >= 0.6 is 0 Å². The Hall–Kier alpha value is -2.11. The first-order chi connectivity index (χ1) is 12.0. The van der Waals surface area contributed by atoms with Crippen LogP contribution in [-0.2, 0) is 9.59 Å². The van der Waals surface area contributed by atoms with Gasteiger partial charge in [-0.05, 0) is 56.1 Å². The van der Waals surface area contributed by atoms with Crippen LogP contribution < -0.4 is 11.1 Å². The molecule has 2 heterocycles. The molecule has 1 aliphatic heterocycles. The lowest BCUT2D eigenvalue weighted by atomic mass is 9.85. The molecule has 2 amide bonds. The Morgan fingerprint density at radius 2 is 1.96 bits per heavy atom. The van der Waals surface area contributed by atoms with Crippen molar-refractivity contribution >= 4 is 23.3 Å². The largest absolute Gasteiger partial charge is 0.383 e. The molecule has 25 heavy (non-hydrogen) atoms. The maximum absolute atomic E-state index is 12.8. The summed E-state index contributed by atoms with van der Waals surface area (Å²) in [5, 5.41) is 2.68. The summed E-state index contributed by atoms with van der Waals surface area (Å²) in [7, 11) is 0. The Kier molecular flexibility index (Phi) is 5.25. The number of carbonyl (C=O) groups is 2. The first kappa shape index (κ1) is 17.7. The lowest BCUT2D eigenvalue weighted by Crippen LogP contribution is -2.52. The highest BCUT2D eigenvalue weighted by Crippen LogP contribution is 2.36. The highest BCUT2D eigenvalue weighted by molar-refractivity contribution is 6.39. The Balaban J connectivity index is 1.71. The van der Waals surface area contributed by atoms with Crippen molar-refractivity contribution in [1.82, 2.24) is 9.88 Å². The first-order valence-electron chi connectivity index (χ1n) is 9.29. The number of nitrogen functional groups attached to an aromatic ring is 1. The SMILES string of the molecule is Cc1cc(NC(=O)C(=O)N2C[C@H](C)CC[C@H]2C2CCCC2)cnc1N. The number of nitrogens with two attached hydrogens (primary N) is 1. The number of aromatic nitrogens is 1. The molecule has 2 atom stereocenters. The third-order valence-electron chi connectivity index (χ3n) is 5.64. The zero-order valence-corrected chi connectivity index (χ0v) is 15.1. The zero-order valence-electron chi connectivity index (χ0n) is 15.1. The van der Waals surface area contributed by atoms with Crippen molar-refractivity contribution in [1.29, 1.82) is 0 Å². The monoisotopic (exact) mass is 344 g/mol. The minimum atomic E-state index is -0.580. The van der Waals surface area contributed by atoms with Crippen LogP contribution in [0.1, 0.15) is 51.0 Å². The van der Waals surface area contributed by atoms with Crippen LogP contribution in [0.2, 0.25) is 0 Å². The second-order valence-electron chi connectivity index (χ2n) is 7.63. The van der Waals surface area contributed by atoms with E-state index in [1.165, 1.54) is 31.9 Å². The minimum Gasteiger partial charge on any atom is -0.383 e. The number of piperidine rings is 1. The average molecular weight is 344 g/mol. The van der Waals surface area contributed by atoms with Gasteiger partial charge >= 0.3 is 11.8 Å². The van der Waals surface area contributed by atoms with Crippen molar-refractivity contribution in [2.75, 3.05) is 17.6 Å². The Morgan fingerprint density at radius 3 is 2.64 bits per heavy atom. The summed E-state index contributed by atoms with van der Waals surface area (Å²) in [6.07, 6.45) is 8.45. The number of anilines is 2. The van der Waals surface area contributed by atoms with E-state index >= 15 is 0 Å². The lowest BCUT2D eigenvalue weighted by molar-refractivity contribution is -0.147. The third kappa shape index (κ3) is 3.94.